The number of sulfonamides is 1. The van der Waals surface area contributed by atoms with Gasteiger partial charge in [0.05, 0.1) is 17.2 Å². The van der Waals surface area contributed by atoms with Crippen LogP contribution in [0, 0.1) is 11.6 Å². The predicted molar refractivity (Wildman–Crippen MR) is 112 cm³/mol. The number of alkyl halides is 1. The number of carbonyl (C=O) groups is 1. The summed E-state index contributed by atoms with van der Waals surface area (Å²) in [6, 6.07) is 11.3. The molecule has 0 saturated heterocycles. The molecule has 156 valence electrons. The number of hydrogen-bond donors (Lipinski definition) is 1. The molecule has 30 heavy (non-hydrogen) atoms. The lowest BCUT2D eigenvalue weighted by Crippen LogP contribution is -2.12. The molecule has 0 amide bonds. The second-order valence-electron chi connectivity index (χ2n) is 5.84. The van der Waals surface area contributed by atoms with Crippen molar-refractivity contribution < 1.29 is 22.0 Å². The van der Waals surface area contributed by atoms with E-state index in [1.54, 1.807) is 18.3 Å². The number of aromatic nitrogens is 3. The number of carbonyl (C=O) groups excluding carboxylic acids is 1. The Kier molecular flexibility index (Phi) is 6.71. The Labute approximate surface area is 182 Å². The third kappa shape index (κ3) is 5.33. The molecule has 0 spiro atoms. The molecule has 2 N–H and O–H groups in total. The van der Waals surface area contributed by atoms with Crippen LogP contribution in [-0.4, -0.2) is 34.1 Å². The Morgan fingerprint density at radius 1 is 1.07 bits per heavy atom. The second-order valence-corrected chi connectivity index (χ2v) is 9.09. The normalized spacial score (nSPS) is 11.2. The number of fused-ring (bicyclic) bond motifs is 1. The molecule has 0 radical (unpaired) electrons. The highest BCUT2D eigenvalue weighted by Gasteiger charge is 2.17. The van der Waals surface area contributed by atoms with Gasteiger partial charge in [-0.3, -0.25) is 4.79 Å². The fourth-order valence-corrected chi connectivity index (χ4v) is 4.10. The van der Waals surface area contributed by atoms with Crippen molar-refractivity contribution in [2.75, 3.05) is 5.33 Å². The SMILES string of the molecule is NS(=O)(=O)c1nn2cc(-c3ccc(F)cc3)nc2s1.O=C(CBr)c1ccc(F)cc1. The van der Waals surface area contributed by atoms with Crippen LogP contribution in [0.1, 0.15) is 10.4 Å². The third-order valence-corrected chi connectivity index (χ3v) is 6.44. The van der Waals surface area contributed by atoms with E-state index in [1.807, 2.05) is 0 Å². The zero-order chi connectivity index (χ0) is 21.9. The Bertz CT molecular complexity index is 1260. The zero-order valence-electron chi connectivity index (χ0n) is 15.0. The van der Waals surface area contributed by atoms with Crippen LogP contribution in [0.5, 0.6) is 0 Å². The molecule has 4 rings (SSSR count). The van der Waals surface area contributed by atoms with Crippen LogP contribution >= 0.6 is 27.3 Å². The van der Waals surface area contributed by atoms with Gasteiger partial charge in [0.1, 0.15) is 11.6 Å². The number of Topliss-reactive ketones (excluding diaryl/α,β-unsaturated/α-hetero) is 1. The summed E-state index contributed by atoms with van der Waals surface area (Å²) in [5.74, 6) is -0.694. The molecule has 4 aromatic rings. The molecule has 2 aromatic carbocycles. The van der Waals surface area contributed by atoms with Crippen molar-refractivity contribution in [3.63, 3.8) is 0 Å². The van der Waals surface area contributed by atoms with Gasteiger partial charge in [-0.25, -0.2) is 31.8 Å². The molecule has 0 atom stereocenters. The van der Waals surface area contributed by atoms with Gasteiger partial charge in [-0.15, -0.1) is 5.10 Å². The van der Waals surface area contributed by atoms with Crippen molar-refractivity contribution in [1.29, 1.82) is 0 Å². The van der Waals surface area contributed by atoms with Crippen LogP contribution in [0.2, 0.25) is 0 Å². The standard InChI is InChI=1S/C10H7FN4O2S2.C8H6BrFO/c11-7-3-1-6(2-4-7)8-5-15-9(13-8)18-10(14-15)19(12,16)17;9-5-8(11)6-1-3-7(10)4-2-6/h1-5H,(H2,12,16,17);1-4H,5H2. The van der Waals surface area contributed by atoms with Gasteiger partial charge in [-0.1, -0.05) is 27.3 Å². The first-order chi connectivity index (χ1) is 14.2. The fraction of sp³-hybridized carbons (Fsp3) is 0.0556. The van der Waals surface area contributed by atoms with E-state index in [2.05, 4.69) is 26.0 Å². The summed E-state index contributed by atoms with van der Waals surface area (Å²) < 4.78 is 48.6. The van der Waals surface area contributed by atoms with Crippen LogP contribution in [-0.2, 0) is 10.0 Å². The van der Waals surface area contributed by atoms with Gasteiger partial charge in [0.2, 0.25) is 9.30 Å². The molecular formula is C18H13BrF2N4O3S2. The quantitative estimate of drug-likeness (QED) is 0.330. The Morgan fingerprint density at radius 3 is 2.13 bits per heavy atom. The minimum absolute atomic E-state index is 0.0370. The van der Waals surface area contributed by atoms with Gasteiger partial charge in [0.25, 0.3) is 10.0 Å². The highest BCUT2D eigenvalue weighted by molar-refractivity contribution is 9.09. The predicted octanol–water partition coefficient (Wildman–Crippen LogP) is 3.65. The van der Waals surface area contributed by atoms with E-state index in [1.165, 1.54) is 40.9 Å². The molecule has 0 aliphatic rings. The topological polar surface area (TPSA) is 107 Å². The Balaban J connectivity index is 0.000000199. The minimum atomic E-state index is -3.82. The summed E-state index contributed by atoms with van der Waals surface area (Å²) in [6.07, 6.45) is 1.56. The molecule has 0 saturated carbocycles. The molecule has 0 aliphatic carbocycles. The summed E-state index contributed by atoms with van der Waals surface area (Å²) in [7, 11) is -3.82. The maximum atomic E-state index is 12.8. The maximum Gasteiger partial charge on any atom is 0.267 e. The lowest BCUT2D eigenvalue weighted by Gasteiger charge is -1.94. The molecule has 7 nitrogen and oxygen atoms in total. The summed E-state index contributed by atoms with van der Waals surface area (Å²) >= 11 is 3.90. The van der Waals surface area contributed by atoms with Crippen molar-refractivity contribution >= 4 is 48.0 Å². The molecular weight excluding hydrogens is 502 g/mol. The number of primary sulfonamides is 1. The van der Waals surface area contributed by atoms with Gasteiger partial charge >= 0.3 is 0 Å². The lowest BCUT2D eigenvalue weighted by atomic mass is 10.1. The van der Waals surface area contributed by atoms with Gasteiger partial charge < -0.3 is 0 Å². The molecule has 2 heterocycles. The molecule has 12 heteroatoms. The number of ketones is 1. The van der Waals surface area contributed by atoms with E-state index in [9.17, 15) is 22.0 Å². The van der Waals surface area contributed by atoms with E-state index in [0.717, 1.165) is 16.9 Å². The number of benzene rings is 2. The molecule has 0 unspecified atom stereocenters. The molecule has 2 aromatic heterocycles. The third-order valence-electron chi connectivity index (χ3n) is 3.70. The van der Waals surface area contributed by atoms with Crippen LogP contribution in [0.4, 0.5) is 8.78 Å². The largest absolute Gasteiger partial charge is 0.293 e. The van der Waals surface area contributed by atoms with Gasteiger partial charge in [-0.2, -0.15) is 0 Å². The van der Waals surface area contributed by atoms with Crippen LogP contribution in [0.15, 0.2) is 59.1 Å². The van der Waals surface area contributed by atoms with E-state index in [0.29, 0.717) is 16.2 Å². The van der Waals surface area contributed by atoms with Crippen LogP contribution in [0.3, 0.4) is 0 Å². The van der Waals surface area contributed by atoms with Gasteiger partial charge in [-0.05, 0) is 48.5 Å². The van der Waals surface area contributed by atoms with Crippen molar-refractivity contribution in [2.24, 2.45) is 5.14 Å². The maximum absolute atomic E-state index is 12.8. The number of hydrogen-bond acceptors (Lipinski definition) is 6. The van der Waals surface area contributed by atoms with Crippen molar-refractivity contribution in [3.05, 3.63) is 71.9 Å². The van der Waals surface area contributed by atoms with E-state index in [4.69, 9.17) is 5.14 Å². The first kappa shape index (κ1) is 22.2. The zero-order valence-corrected chi connectivity index (χ0v) is 18.2. The first-order valence-corrected chi connectivity index (χ1v) is 11.7. The highest BCUT2D eigenvalue weighted by Crippen LogP contribution is 2.23. The fourth-order valence-electron chi connectivity index (χ4n) is 2.27. The molecule has 0 bridgehead atoms. The minimum Gasteiger partial charge on any atom is -0.293 e. The first-order valence-electron chi connectivity index (χ1n) is 8.17. The summed E-state index contributed by atoms with van der Waals surface area (Å²) in [4.78, 5) is 15.6. The summed E-state index contributed by atoms with van der Waals surface area (Å²) in [5.41, 5.74) is 1.83. The summed E-state index contributed by atoms with van der Waals surface area (Å²) in [6.45, 7) is 0. The van der Waals surface area contributed by atoms with Crippen molar-refractivity contribution in [3.8, 4) is 11.3 Å². The Morgan fingerprint density at radius 2 is 1.63 bits per heavy atom. The van der Waals surface area contributed by atoms with E-state index < -0.39 is 10.0 Å². The average molecular weight is 515 g/mol. The number of nitrogens with two attached hydrogens (primary N) is 1. The number of imidazole rings is 1. The van der Waals surface area contributed by atoms with E-state index in [-0.39, 0.29) is 27.1 Å². The van der Waals surface area contributed by atoms with Crippen LogP contribution < -0.4 is 5.14 Å². The lowest BCUT2D eigenvalue weighted by molar-refractivity contribution is 0.102. The van der Waals surface area contributed by atoms with Crippen LogP contribution in [0.25, 0.3) is 16.2 Å². The second kappa shape index (κ2) is 9.08. The molecule has 0 fully saturated rings. The van der Waals surface area contributed by atoms with E-state index >= 15 is 0 Å². The smallest absolute Gasteiger partial charge is 0.267 e. The van der Waals surface area contributed by atoms with Crippen molar-refractivity contribution in [2.45, 2.75) is 4.34 Å². The number of rotatable bonds is 4. The van der Waals surface area contributed by atoms with Gasteiger partial charge in [0.15, 0.2) is 5.78 Å². The average Bonchev–Trinajstić information content (AvgIpc) is 3.28. The highest BCUT2D eigenvalue weighted by atomic mass is 79.9. The molecule has 0 aliphatic heterocycles. The monoisotopic (exact) mass is 514 g/mol. The summed E-state index contributed by atoms with van der Waals surface area (Å²) in [5, 5.41) is 9.09. The van der Waals surface area contributed by atoms with Crippen molar-refractivity contribution in [1.82, 2.24) is 14.6 Å². The Hall–Kier alpha value is -2.54. The number of nitrogens with zero attached hydrogens (tertiary/aromatic N) is 3. The van der Waals surface area contributed by atoms with Gasteiger partial charge in [0, 0.05) is 11.1 Å². The number of halogens is 3.